The molecule has 0 aliphatic heterocycles. The number of hydrogen-bond acceptors (Lipinski definition) is 4. The highest BCUT2D eigenvalue weighted by Crippen LogP contribution is 2.54. The second-order valence-corrected chi connectivity index (χ2v) is 12.0. The van der Waals surface area contributed by atoms with Crippen LogP contribution in [0, 0.1) is 0 Å². The van der Waals surface area contributed by atoms with E-state index in [1.165, 1.54) is 0 Å². The van der Waals surface area contributed by atoms with E-state index < -0.39 is 16.1 Å². The lowest BCUT2D eigenvalue weighted by atomic mass is 9.84. The number of benzene rings is 5. The zero-order valence-corrected chi connectivity index (χ0v) is 25.2. The van der Waals surface area contributed by atoms with E-state index in [9.17, 15) is 4.79 Å². The fourth-order valence-corrected chi connectivity index (χ4v) is 6.94. The Bertz CT molecular complexity index is 1430. The Morgan fingerprint density at radius 3 is 1.33 bits per heavy atom. The summed E-state index contributed by atoms with van der Waals surface area (Å²) in [5, 5.41) is -0.604. The number of carbonyl (C=O) groups excluding carboxylic acids is 1. The molecule has 5 aromatic carbocycles. The molecule has 0 N–H and O–H groups in total. The average molecular weight is 572 g/mol. The minimum atomic E-state index is -0.682. The fraction of sp³-hybridized carbons (Fsp3) is 0.184. The molecule has 5 rings (SSSR count). The smallest absolute Gasteiger partial charge is 0.324 e. The van der Waals surface area contributed by atoms with E-state index in [0.717, 1.165) is 27.8 Å². The van der Waals surface area contributed by atoms with E-state index in [1.807, 2.05) is 93.0 Å². The van der Waals surface area contributed by atoms with Gasteiger partial charge in [-0.15, -0.1) is 11.8 Å². The van der Waals surface area contributed by atoms with Crippen molar-refractivity contribution in [2.24, 2.45) is 0 Å². The van der Waals surface area contributed by atoms with Crippen molar-refractivity contribution in [2.75, 3.05) is 14.1 Å². The molecule has 0 spiro atoms. The van der Waals surface area contributed by atoms with Gasteiger partial charge in [0, 0.05) is 6.04 Å². The molecule has 0 fully saturated rings. The van der Waals surface area contributed by atoms with Crippen molar-refractivity contribution in [1.82, 2.24) is 4.90 Å². The summed E-state index contributed by atoms with van der Waals surface area (Å²) in [7, 11) is 4.03. The molecule has 3 atom stereocenters. The molecular weight excluding hydrogens is 534 g/mol. The van der Waals surface area contributed by atoms with Crippen LogP contribution in [0.2, 0.25) is 0 Å². The van der Waals surface area contributed by atoms with Crippen LogP contribution in [0.3, 0.4) is 0 Å². The standard InChI is InChI=1S/C38H37NO2S/c1-29(39(2)3)35(30-19-9-4-10-20-30)41-37(40)36(31-21-11-5-12-22-31)42-38(32-23-13-6-14-24-32,33-25-15-7-16-26-33)34-27-17-8-18-28-34/h4-29,35-36H,1-3H3/t29-,35+,36-/m0/s1. The van der Waals surface area contributed by atoms with Gasteiger partial charge < -0.3 is 9.64 Å². The number of thioether (sulfide) groups is 1. The van der Waals surface area contributed by atoms with Crippen LogP contribution in [0.4, 0.5) is 0 Å². The zero-order valence-electron chi connectivity index (χ0n) is 24.3. The van der Waals surface area contributed by atoms with Gasteiger partial charge in [-0.3, -0.25) is 4.79 Å². The Hall–Kier alpha value is -4.12. The molecule has 0 aliphatic rings. The highest BCUT2D eigenvalue weighted by Gasteiger charge is 2.43. The summed E-state index contributed by atoms with van der Waals surface area (Å²) in [5.41, 5.74) is 5.18. The number of esters is 1. The maximum absolute atomic E-state index is 14.6. The zero-order chi connectivity index (χ0) is 29.4. The molecule has 0 saturated carbocycles. The number of rotatable bonds is 11. The van der Waals surface area contributed by atoms with Crippen LogP contribution in [-0.2, 0) is 14.3 Å². The molecule has 0 aliphatic carbocycles. The highest BCUT2D eigenvalue weighted by atomic mass is 32.2. The largest absolute Gasteiger partial charge is 0.455 e. The van der Waals surface area contributed by atoms with Crippen LogP contribution >= 0.6 is 11.8 Å². The number of ether oxygens (including phenoxy) is 1. The first-order valence-electron chi connectivity index (χ1n) is 14.3. The number of likely N-dealkylation sites (N-methyl/N-ethyl adjacent to an activating group) is 1. The predicted molar refractivity (Wildman–Crippen MR) is 174 cm³/mol. The lowest BCUT2D eigenvalue weighted by molar-refractivity contribution is -0.151. The van der Waals surface area contributed by atoms with E-state index in [1.54, 1.807) is 11.8 Å². The summed E-state index contributed by atoms with van der Waals surface area (Å²) in [6, 6.07) is 51.4. The van der Waals surface area contributed by atoms with Crippen LogP contribution in [0.5, 0.6) is 0 Å². The van der Waals surface area contributed by atoms with Crippen molar-refractivity contribution in [3.63, 3.8) is 0 Å². The Kier molecular flexibility index (Phi) is 9.58. The van der Waals surface area contributed by atoms with E-state index in [4.69, 9.17) is 4.74 Å². The fourth-order valence-electron chi connectivity index (χ4n) is 5.33. The Morgan fingerprint density at radius 1 is 0.595 bits per heavy atom. The molecule has 0 amide bonds. The van der Waals surface area contributed by atoms with Crippen molar-refractivity contribution in [3.05, 3.63) is 179 Å². The minimum absolute atomic E-state index is 0.0279. The first kappa shape index (κ1) is 29.4. The van der Waals surface area contributed by atoms with Gasteiger partial charge in [0.05, 0.1) is 4.75 Å². The van der Waals surface area contributed by atoms with Crippen LogP contribution < -0.4 is 0 Å². The summed E-state index contributed by atoms with van der Waals surface area (Å²) in [5.74, 6) is -0.263. The van der Waals surface area contributed by atoms with Gasteiger partial charge in [-0.05, 0) is 48.8 Å². The number of carbonyl (C=O) groups is 1. The summed E-state index contributed by atoms with van der Waals surface area (Å²) >= 11 is 1.63. The molecule has 0 bridgehead atoms. The SMILES string of the molecule is C[C@@H]([C@@H](OC(=O)[C@@H](SC(c1ccccc1)(c1ccccc1)c1ccccc1)c1ccccc1)c1ccccc1)N(C)C. The third-order valence-electron chi connectivity index (χ3n) is 7.78. The van der Waals surface area contributed by atoms with Crippen molar-refractivity contribution in [1.29, 1.82) is 0 Å². The van der Waals surface area contributed by atoms with Crippen LogP contribution in [0.25, 0.3) is 0 Å². The summed E-state index contributed by atoms with van der Waals surface area (Å²) in [6.45, 7) is 2.10. The molecule has 42 heavy (non-hydrogen) atoms. The van der Waals surface area contributed by atoms with Crippen molar-refractivity contribution < 1.29 is 9.53 Å². The van der Waals surface area contributed by atoms with Crippen molar-refractivity contribution in [3.8, 4) is 0 Å². The van der Waals surface area contributed by atoms with Crippen LogP contribution in [0.1, 0.15) is 46.1 Å². The second kappa shape index (κ2) is 13.7. The highest BCUT2D eigenvalue weighted by molar-refractivity contribution is 8.01. The van der Waals surface area contributed by atoms with Gasteiger partial charge in [0.1, 0.15) is 11.4 Å². The number of nitrogens with zero attached hydrogens (tertiary/aromatic N) is 1. The molecule has 0 heterocycles. The Morgan fingerprint density at radius 2 is 0.952 bits per heavy atom. The van der Waals surface area contributed by atoms with Gasteiger partial charge in [0.2, 0.25) is 0 Å². The van der Waals surface area contributed by atoms with Gasteiger partial charge >= 0.3 is 5.97 Å². The van der Waals surface area contributed by atoms with Crippen molar-refractivity contribution in [2.45, 2.75) is 29.1 Å². The normalized spacial score (nSPS) is 13.7. The molecule has 5 aromatic rings. The van der Waals surface area contributed by atoms with Crippen molar-refractivity contribution >= 4 is 17.7 Å². The maximum Gasteiger partial charge on any atom is 0.324 e. The average Bonchev–Trinajstić information content (AvgIpc) is 3.06. The third-order valence-corrected chi connectivity index (χ3v) is 9.54. The predicted octanol–water partition coefficient (Wildman–Crippen LogP) is 8.69. The number of hydrogen-bond donors (Lipinski definition) is 0. The molecule has 0 saturated heterocycles. The van der Waals surface area contributed by atoms with E-state index in [2.05, 4.69) is 84.6 Å². The lowest BCUT2D eigenvalue weighted by Gasteiger charge is -2.38. The lowest BCUT2D eigenvalue weighted by Crippen LogP contribution is -2.35. The molecule has 0 aromatic heterocycles. The molecule has 0 unspecified atom stereocenters. The van der Waals surface area contributed by atoms with Gasteiger partial charge in [0.15, 0.2) is 0 Å². The monoisotopic (exact) mass is 571 g/mol. The summed E-state index contributed by atoms with van der Waals surface area (Å²) in [6.07, 6.45) is -0.430. The van der Waals surface area contributed by atoms with Gasteiger partial charge in [-0.25, -0.2) is 0 Å². The maximum atomic E-state index is 14.6. The minimum Gasteiger partial charge on any atom is -0.455 e. The van der Waals surface area contributed by atoms with E-state index >= 15 is 0 Å². The quantitative estimate of drug-likeness (QED) is 0.117. The molecule has 0 radical (unpaired) electrons. The summed E-state index contributed by atoms with van der Waals surface area (Å²) in [4.78, 5) is 16.7. The molecular formula is C38H37NO2S. The van der Waals surface area contributed by atoms with Gasteiger partial charge in [-0.2, -0.15) is 0 Å². The second-order valence-electron chi connectivity index (χ2n) is 10.7. The molecule has 3 nitrogen and oxygen atoms in total. The van der Waals surface area contributed by atoms with Gasteiger partial charge in [-0.1, -0.05) is 152 Å². The first-order chi connectivity index (χ1) is 20.5. The topological polar surface area (TPSA) is 29.5 Å². The third kappa shape index (κ3) is 6.35. The van der Waals surface area contributed by atoms with E-state index in [-0.39, 0.29) is 12.0 Å². The Labute approximate surface area is 254 Å². The van der Waals surface area contributed by atoms with E-state index in [0.29, 0.717) is 0 Å². The Balaban J connectivity index is 1.67. The first-order valence-corrected chi connectivity index (χ1v) is 15.2. The molecule has 212 valence electrons. The van der Waals surface area contributed by atoms with Gasteiger partial charge in [0.25, 0.3) is 0 Å². The summed E-state index contributed by atoms with van der Waals surface area (Å²) < 4.78 is 5.85. The molecule has 4 heteroatoms. The van der Waals surface area contributed by atoms with Crippen LogP contribution in [-0.4, -0.2) is 31.0 Å². The van der Waals surface area contributed by atoms with Crippen LogP contribution in [0.15, 0.2) is 152 Å².